The van der Waals surface area contributed by atoms with Crippen molar-refractivity contribution in [3.05, 3.63) is 59.2 Å². The van der Waals surface area contributed by atoms with E-state index >= 15 is 0 Å². The summed E-state index contributed by atoms with van der Waals surface area (Å²) in [5.41, 5.74) is -0.231. The Morgan fingerprint density at radius 2 is 1.76 bits per heavy atom. The topological polar surface area (TPSA) is 99.0 Å². The fraction of sp³-hybridized carbons (Fsp3) is 0.350. The first-order valence-corrected chi connectivity index (χ1v) is 8.75. The van der Waals surface area contributed by atoms with Crippen LogP contribution < -0.4 is 5.32 Å². The zero-order valence-electron chi connectivity index (χ0n) is 15.8. The highest BCUT2D eigenvalue weighted by atomic mass is 19.4. The molecule has 29 heavy (non-hydrogen) atoms. The maximum atomic E-state index is 13.6. The minimum atomic E-state index is -4.71. The number of aliphatic hydroxyl groups excluding tert-OH is 2. The van der Waals surface area contributed by atoms with Gasteiger partial charge in [-0.3, -0.25) is 4.79 Å². The van der Waals surface area contributed by atoms with Gasteiger partial charge in [0.2, 0.25) is 0 Å². The van der Waals surface area contributed by atoms with E-state index in [0.717, 1.165) is 6.07 Å². The van der Waals surface area contributed by atoms with Gasteiger partial charge in [-0.05, 0) is 41.8 Å². The van der Waals surface area contributed by atoms with Gasteiger partial charge >= 0.3 is 6.18 Å². The molecule has 0 heterocycles. The van der Waals surface area contributed by atoms with Crippen molar-refractivity contribution in [2.75, 3.05) is 7.05 Å². The van der Waals surface area contributed by atoms with E-state index in [1.807, 2.05) is 0 Å². The molecule has 0 fully saturated rings. The van der Waals surface area contributed by atoms with Gasteiger partial charge in [0.05, 0.1) is 5.56 Å². The molecule has 0 aromatic heterocycles. The normalized spacial score (nSPS) is 14.0. The van der Waals surface area contributed by atoms with Gasteiger partial charge in [-0.1, -0.05) is 24.3 Å². The van der Waals surface area contributed by atoms with Crippen molar-refractivity contribution in [3.8, 4) is 11.1 Å². The number of carbonyl (C=O) groups is 1. The molecule has 0 aliphatic heterocycles. The molecule has 0 bridgehead atoms. The molecule has 0 aliphatic carbocycles. The van der Waals surface area contributed by atoms with Crippen LogP contribution in [0.3, 0.4) is 0 Å². The maximum Gasteiger partial charge on any atom is 0.416 e. The van der Waals surface area contributed by atoms with Crippen LogP contribution in [0.2, 0.25) is 0 Å². The van der Waals surface area contributed by atoms with Crippen molar-refractivity contribution in [3.63, 3.8) is 0 Å². The molecule has 0 aliphatic rings. The summed E-state index contributed by atoms with van der Waals surface area (Å²) < 4.78 is 45.8. The third-order valence-corrected chi connectivity index (χ3v) is 4.23. The van der Waals surface area contributed by atoms with Crippen molar-refractivity contribution in [1.82, 2.24) is 5.32 Å². The van der Waals surface area contributed by atoms with Crippen molar-refractivity contribution < 1.29 is 38.0 Å². The summed E-state index contributed by atoms with van der Waals surface area (Å²) in [4.78, 5) is 11.8. The van der Waals surface area contributed by atoms with Crippen molar-refractivity contribution in [1.29, 1.82) is 0 Å². The van der Waals surface area contributed by atoms with Crippen LogP contribution in [0.4, 0.5) is 13.2 Å². The number of aliphatic hydroxyl groups is 3. The van der Waals surface area contributed by atoms with E-state index in [2.05, 4.69) is 5.32 Å². The third kappa shape index (κ3) is 6.01. The van der Waals surface area contributed by atoms with E-state index in [-0.39, 0.29) is 17.0 Å². The molecule has 2 unspecified atom stereocenters. The number of rotatable bonds is 7. The molecule has 158 valence electrons. The van der Waals surface area contributed by atoms with E-state index in [1.54, 1.807) is 18.2 Å². The van der Waals surface area contributed by atoms with Crippen LogP contribution in [0.15, 0.2) is 42.5 Å². The van der Waals surface area contributed by atoms with Crippen LogP contribution in [0, 0.1) is 0 Å². The Balaban J connectivity index is 2.46. The quantitative estimate of drug-likeness (QED) is 0.522. The number of carbonyl (C=O) groups excluding carboxylic acids is 1. The number of nitrogens with one attached hydrogen (secondary N) is 1. The number of amides is 1. The monoisotopic (exact) mass is 413 g/mol. The second-order valence-corrected chi connectivity index (χ2v) is 6.42. The van der Waals surface area contributed by atoms with Gasteiger partial charge in [-0.2, -0.15) is 13.2 Å². The molecule has 2 aromatic rings. The van der Waals surface area contributed by atoms with Crippen LogP contribution in [0.1, 0.15) is 28.4 Å². The summed E-state index contributed by atoms with van der Waals surface area (Å²) in [5, 5.41) is 30.4. The summed E-state index contributed by atoms with van der Waals surface area (Å²) >= 11 is 0. The summed E-state index contributed by atoms with van der Waals surface area (Å²) in [5.74, 6) is -0.366. The average Bonchev–Trinajstić information content (AvgIpc) is 2.66. The number of halogens is 3. The lowest BCUT2D eigenvalue weighted by Gasteiger charge is -2.23. The zero-order chi connectivity index (χ0) is 21.8. The lowest BCUT2D eigenvalue weighted by atomic mass is 9.94. The Bertz CT molecular complexity index is 852. The van der Waals surface area contributed by atoms with Crippen LogP contribution in [-0.2, 0) is 17.3 Å². The van der Waals surface area contributed by atoms with E-state index in [4.69, 9.17) is 4.74 Å². The van der Waals surface area contributed by atoms with Crippen LogP contribution in [-0.4, -0.2) is 47.0 Å². The molecule has 0 saturated heterocycles. The first-order valence-electron chi connectivity index (χ1n) is 8.75. The fourth-order valence-electron chi connectivity index (χ4n) is 2.88. The van der Waals surface area contributed by atoms with Gasteiger partial charge in [0, 0.05) is 19.0 Å². The van der Waals surface area contributed by atoms with Gasteiger partial charge < -0.3 is 25.4 Å². The SMILES string of the molecule is CNC(=O)c1cccc(-c2ccc(CC(OC(C)O)C(O)O)c(C(F)(F)F)c2)c1. The summed E-state index contributed by atoms with van der Waals surface area (Å²) in [6, 6.07) is 9.75. The van der Waals surface area contributed by atoms with Gasteiger partial charge in [-0.25, -0.2) is 0 Å². The Morgan fingerprint density at radius 3 is 2.31 bits per heavy atom. The van der Waals surface area contributed by atoms with Crippen LogP contribution in [0.25, 0.3) is 11.1 Å². The maximum absolute atomic E-state index is 13.6. The lowest BCUT2D eigenvalue weighted by molar-refractivity contribution is -0.204. The number of benzene rings is 2. The van der Waals surface area contributed by atoms with Crippen molar-refractivity contribution >= 4 is 5.91 Å². The molecule has 0 spiro atoms. The van der Waals surface area contributed by atoms with Crippen LogP contribution >= 0.6 is 0 Å². The molecule has 2 rings (SSSR count). The number of hydrogen-bond donors (Lipinski definition) is 4. The first kappa shape index (κ1) is 22.8. The average molecular weight is 413 g/mol. The summed E-state index contributed by atoms with van der Waals surface area (Å²) in [6.07, 6.45) is -10.1. The lowest BCUT2D eigenvalue weighted by Crippen LogP contribution is -2.34. The standard InChI is InChI=1S/C20H22F3NO5/c1-11(25)29-17(19(27)28)10-14-7-6-13(9-16(14)20(21,22)23)12-4-3-5-15(8-12)18(26)24-2/h3-9,11,17,19,25,27-28H,10H2,1-2H3,(H,24,26). The number of hydrogen-bond acceptors (Lipinski definition) is 5. The van der Waals surface area contributed by atoms with E-state index in [9.17, 15) is 33.3 Å². The Labute approximate surface area is 165 Å². The predicted molar refractivity (Wildman–Crippen MR) is 98.8 cm³/mol. The first-order chi connectivity index (χ1) is 13.5. The second kappa shape index (κ2) is 9.36. The zero-order valence-corrected chi connectivity index (χ0v) is 15.8. The molecule has 0 saturated carbocycles. The second-order valence-electron chi connectivity index (χ2n) is 6.42. The number of alkyl halides is 3. The van der Waals surface area contributed by atoms with E-state index < -0.39 is 36.8 Å². The Morgan fingerprint density at radius 1 is 1.10 bits per heavy atom. The third-order valence-electron chi connectivity index (χ3n) is 4.23. The Kier molecular flexibility index (Phi) is 7.37. The minimum absolute atomic E-state index is 0.220. The highest BCUT2D eigenvalue weighted by Crippen LogP contribution is 2.36. The van der Waals surface area contributed by atoms with Crippen molar-refractivity contribution in [2.24, 2.45) is 0 Å². The van der Waals surface area contributed by atoms with Gasteiger partial charge in [-0.15, -0.1) is 0 Å². The molecule has 0 radical (unpaired) electrons. The van der Waals surface area contributed by atoms with Crippen LogP contribution in [0.5, 0.6) is 0 Å². The largest absolute Gasteiger partial charge is 0.416 e. The van der Waals surface area contributed by atoms with E-state index in [1.165, 1.54) is 32.2 Å². The fourth-order valence-corrected chi connectivity index (χ4v) is 2.88. The molecule has 4 N–H and O–H groups in total. The molecule has 6 nitrogen and oxygen atoms in total. The molecular weight excluding hydrogens is 391 g/mol. The smallest absolute Gasteiger partial charge is 0.368 e. The van der Waals surface area contributed by atoms with Gasteiger partial charge in [0.15, 0.2) is 12.6 Å². The summed E-state index contributed by atoms with van der Waals surface area (Å²) in [7, 11) is 1.45. The highest BCUT2D eigenvalue weighted by Gasteiger charge is 2.35. The minimum Gasteiger partial charge on any atom is -0.368 e. The molecule has 2 atom stereocenters. The molecule has 2 aromatic carbocycles. The highest BCUT2D eigenvalue weighted by molar-refractivity contribution is 5.95. The van der Waals surface area contributed by atoms with Gasteiger partial charge in [0.1, 0.15) is 6.10 Å². The predicted octanol–water partition coefficient (Wildman–Crippen LogP) is 2.31. The summed E-state index contributed by atoms with van der Waals surface area (Å²) in [6.45, 7) is 1.21. The van der Waals surface area contributed by atoms with Crippen molar-refractivity contribution in [2.45, 2.75) is 38.2 Å². The van der Waals surface area contributed by atoms with E-state index in [0.29, 0.717) is 11.1 Å². The molecule has 9 heteroatoms. The molecular formula is C20H22F3NO5. The number of ether oxygens (including phenoxy) is 1. The molecule has 1 amide bonds. The van der Waals surface area contributed by atoms with Gasteiger partial charge in [0.25, 0.3) is 5.91 Å². The Hall–Kier alpha value is -2.46.